The van der Waals surface area contributed by atoms with Crippen LogP contribution >= 0.6 is 0 Å². The van der Waals surface area contributed by atoms with Gasteiger partial charge in [-0.15, -0.1) is 0 Å². The first-order valence-corrected chi connectivity index (χ1v) is 9.97. The standard InChI is InChI=1S/C19H21NO6S/c1-12-5-10-16(27(4,23)24)11-17(12)19(22)26-13(2)18(21)20-14-6-8-15(25-3)9-7-14/h5-11,13H,1-4H3,(H,20,21)/t13-/m0/s1. The van der Waals surface area contributed by atoms with Gasteiger partial charge in [0.1, 0.15) is 5.75 Å². The summed E-state index contributed by atoms with van der Waals surface area (Å²) in [6.45, 7) is 3.09. The number of carbonyl (C=O) groups excluding carboxylic acids is 2. The van der Waals surface area contributed by atoms with Crippen molar-refractivity contribution in [2.45, 2.75) is 24.8 Å². The number of hydrogen-bond acceptors (Lipinski definition) is 6. The van der Waals surface area contributed by atoms with Crippen LogP contribution < -0.4 is 10.1 Å². The smallest absolute Gasteiger partial charge is 0.339 e. The molecule has 0 heterocycles. The lowest BCUT2D eigenvalue weighted by Gasteiger charge is -2.15. The SMILES string of the molecule is COc1ccc(NC(=O)[C@H](C)OC(=O)c2cc(S(C)(=O)=O)ccc2C)cc1. The second-order valence-corrected chi connectivity index (χ2v) is 8.03. The predicted octanol–water partition coefficient (Wildman–Crippen LogP) is 2.59. The lowest BCUT2D eigenvalue weighted by atomic mass is 10.1. The van der Waals surface area contributed by atoms with Gasteiger partial charge in [0.05, 0.1) is 17.6 Å². The highest BCUT2D eigenvalue weighted by Gasteiger charge is 2.21. The number of nitrogens with one attached hydrogen (secondary N) is 1. The first kappa shape index (κ1) is 20.4. The van der Waals surface area contributed by atoms with Crippen molar-refractivity contribution in [2.75, 3.05) is 18.7 Å². The zero-order valence-electron chi connectivity index (χ0n) is 15.5. The number of rotatable bonds is 6. The van der Waals surface area contributed by atoms with E-state index in [1.807, 2.05) is 0 Å². The van der Waals surface area contributed by atoms with Crippen LogP contribution in [-0.2, 0) is 19.4 Å². The molecule has 0 unspecified atom stereocenters. The molecule has 2 aromatic carbocycles. The van der Waals surface area contributed by atoms with E-state index in [1.165, 1.54) is 32.2 Å². The largest absolute Gasteiger partial charge is 0.497 e. The van der Waals surface area contributed by atoms with Crippen LogP contribution in [0.2, 0.25) is 0 Å². The second-order valence-electron chi connectivity index (χ2n) is 6.01. The summed E-state index contributed by atoms with van der Waals surface area (Å²) in [5.41, 5.74) is 1.18. The van der Waals surface area contributed by atoms with Gasteiger partial charge in [-0.3, -0.25) is 4.79 Å². The van der Waals surface area contributed by atoms with E-state index in [2.05, 4.69) is 5.32 Å². The zero-order chi connectivity index (χ0) is 20.2. The molecule has 0 aliphatic carbocycles. The highest BCUT2D eigenvalue weighted by molar-refractivity contribution is 7.90. The summed E-state index contributed by atoms with van der Waals surface area (Å²) in [4.78, 5) is 24.6. The maximum Gasteiger partial charge on any atom is 0.339 e. The number of benzene rings is 2. The Balaban J connectivity index is 2.09. The normalized spacial score (nSPS) is 12.1. The lowest BCUT2D eigenvalue weighted by Crippen LogP contribution is -2.30. The number of hydrogen-bond donors (Lipinski definition) is 1. The maximum atomic E-state index is 12.4. The third-order valence-electron chi connectivity index (χ3n) is 3.87. The summed E-state index contributed by atoms with van der Waals surface area (Å²) >= 11 is 0. The Kier molecular flexibility index (Phi) is 6.22. The molecule has 1 amide bonds. The molecule has 0 aromatic heterocycles. The molecule has 2 rings (SSSR count). The Morgan fingerprint density at radius 2 is 1.70 bits per heavy atom. The zero-order valence-corrected chi connectivity index (χ0v) is 16.3. The molecule has 7 nitrogen and oxygen atoms in total. The van der Waals surface area contributed by atoms with Crippen LogP contribution in [0.1, 0.15) is 22.8 Å². The van der Waals surface area contributed by atoms with Crippen molar-refractivity contribution in [3.63, 3.8) is 0 Å². The van der Waals surface area contributed by atoms with Crippen LogP contribution in [0.4, 0.5) is 5.69 Å². The van der Waals surface area contributed by atoms with Crippen molar-refractivity contribution in [1.29, 1.82) is 0 Å². The van der Waals surface area contributed by atoms with Gasteiger partial charge >= 0.3 is 5.97 Å². The Morgan fingerprint density at radius 1 is 1.07 bits per heavy atom. The topological polar surface area (TPSA) is 98.8 Å². The quantitative estimate of drug-likeness (QED) is 0.760. The summed E-state index contributed by atoms with van der Waals surface area (Å²) < 4.78 is 33.6. The van der Waals surface area contributed by atoms with Gasteiger partial charge in [0, 0.05) is 11.9 Å². The third kappa shape index (κ3) is 5.30. The number of aryl methyl sites for hydroxylation is 1. The van der Waals surface area contributed by atoms with Gasteiger partial charge in [0.15, 0.2) is 15.9 Å². The number of sulfone groups is 1. The molecule has 0 spiro atoms. The minimum Gasteiger partial charge on any atom is -0.497 e. The number of amides is 1. The van der Waals surface area contributed by atoms with Gasteiger partial charge in [0.25, 0.3) is 5.91 Å². The van der Waals surface area contributed by atoms with Crippen LogP contribution in [0.5, 0.6) is 5.75 Å². The highest BCUT2D eigenvalue weighted by atomic mass is 32.2. The molecule has 1 atom stereocenters. The highest BCUT2D eigenvalue weighted by Crippen LogP contribution is 2.18. The van der Waals surface area contributed by atoms with Crippen LogP contribution in [0, 0.1) is 6.92 Å². The number of anilines is 1. The Bertz CT molecular complexity index is 951. The van der Waals surface area contributed by atoms with Gasteiger partial charge in [0.2, 0.25) is 0 Å². The van der Waals surface area contributed by atoms with Crippen LogP contribution in [0.3, 0.4) is 0 Å². The van der Waals surface area contributed by atoms with E-state index in [-0.39, 0.29) is 10.5 Å². The molecule has 0 saturated heterocycles. The minimum atomic E-state index is -3.46. The Morgan fingerprint density at radius 3 is 2.26 bits per heavy atom. The fourth-order valence-corrected chi connectivity index (χ4v) is 2.89. The van der Waals surface area contributed by atoms with Crippen molar-refractivity contribution in [3.8, 4) is 5.75 Å². The van der Waals surface area contributed by atoms with Gasteiger partial charge in [-0.2, -0.15) is 0 Å². The van der Waals surface area contributed by atoms with Crippen molar-refractivity contribution in [1.82, 2.24) is 0 Å². The summed E-state index contributed by atoms with van der Waals surface area (Å²) in [5.74, 6) is -0.630. The number of methoxy groups -OCH3 is 1. The van der Waals surface area contributed by atoms with E-state index in [9.17, 15) is 18.0 Å². The van der Waals surface area contributed by atoms with Crippen molar-refractivity contribution in [3.05, 3.63) is 53.6 Å². The second kappa shape index (κ2) is 8.22. The number of carbonyl (C=O) groups is 2. The molecule has 8 heteroatoms. The van der Waals surface area contributed by atoms with E-state index in [0.717, 1.165) is 6.26 Å². The molecule has 0 aliphatic heterocycles. The molecule has 2 aromatic rings. The number of ether oxygens (including phenoxy) is 2. The van der Waals surface area contributed by atoms with E-state index < -0.39 is 27.8 Å². The molecule has 0 fully saturated rings. The van der Waals surface area contributed by atoms with Crippen molar-refractivity contribution < 1.29 is 27.5 Å². The summed E-state index contributed by atoms with van der Waals surface area (Å²) in [7, 11) is -1.93. The predicted molar refractivity (Wildman–Crippen MR) is 101 cm³/mol. The van der Waals surface area contributed by atoms with Crippen molar-refractivity contribution in [2.24, 2.45) is 0 Å². The van der Waals surface area contributed by atoms with Gasteiger partial charge in [-0.05, 0) is 55.8 Å². The van der Waals surface area contributed by atoms with E-state index >= 15 is 0 Å². The molecule has 144 valence electrons. The average Bonchev–Trinajstić information content (AvgIpc) is 2.61. The Hall–Kier alpha value is -2.87. The molecular formula is C19H21NO6S. The minimum absolute atomic E-state index is 0.00962. The lowest BCUT2D eigenvalue weighted by molar-refractivity contribution is -0.123. The fourth-order valence-electron chi connectivity index (χ4n) is 2.25. The van der Waals surface area contributed by atoms with Crippen LogP contribution in [0.15, 0.2) is 47.4 Å². The van der Waals surface area contributed by atoms with Crippen molar-refractivity contribution >= 4 is 27.4 Å². The first-order chi connectivity index (χ1) is 12.6. The van der Waals surface area contributed by atoms with Crippen LogP contribution in [-0.4, -0.2) is 39.8 Å². The third-order valence-corrected chi connectivity index (χ3v) is 4.98. The summed E-state index contributed by atoms with van der Waals surface area (Å²) in [5, 5.41) is 2.63. The maximum absolute atomic E-state index is 12.4. The molecular weight excluding hydrogens is 370 g/mol. The average molecular weight is 391 g/mol. The summed E-state index contributed by atoms with van der Waals surface area (Å²) in [6.07, 6.45) is -0.0153. The van der Waals surface area contributed by atoms with Gasteiger partial charge < -0.3 is 14.8 Å². The first-order valence-electron chi connectivity index (χ1n) is 8.08. The van der Waals surface area contributed by atoms with Crippen LogP contribution in [0.25, 0.3) is 0 Å². The fraction of sp³-hybridized carbons (Fsp3) is 0.263. The van der Waals surface area contributed by atoms with E-state index in [4.69, 9.17) is 9.47 Å². The number of esters is 1. The Labute approximate surface area is 158 Å². The van der Waals surface area contributed by atoms with E-state index in [0.29, 0.717) is 17.0 Å². The molecule has 1 N–H and O–H groups in total. The molecule has 0 saturated carbocycles. The summed E-state index contributed by atoms with van der Waals surface area (Å²) in [6, 6.07) is 10.9. The molecule has 0 radical (unpaired) electrons. The molecule has 0 bridgehead atoms. The molecule has 0 aliphatic rings. The van der Waals surface area contributed by atoms with E-state index in [1.54, 1.807) is 31.2 Å². The van der Waals surface area contributed by atoms with Gasteiger partial charge in [-0.1, -0.05) is 6.07 Å². The molecule has 27 heavy (non-hydrogen) atoms. The monoisotopic (exact) mass is 391 g/mol. The van der Waals surface area contributed by atoms with Gasteiger partial charge in [-0.25, -0.2) is 13.2 Å².